The van der Waals surface area contributed by atoms with E-state index in [1.807, 2.05) is 11.8 Å². The van der Waals surface area contributed by atoms with Crippen molar-refractivity contribution < 1.29 is 4.43 Å². The Kier molecular flexibility index (Phi) is 6.58. The summed E-state index contributed by atoms with van der Waals surface area (Å²) in [6.45, 7) is 16.0. The first-order chi connectivity index (χ1) is 11.6. The number of rotatable bonds is 6. The summed E-state index contributed by atoms with van der Waals surface area (Å²) in [5, 5.41) is 0.204. The number of hydrogen-bond donors (Lipinski definition) is 0. The zero-order valence-corrected chi connectivity index (χ0v) is 18.5. The zero-order valence-electron chi connectivity index (χ0n) is 16.7. The molecule has 0 aliphatic carbocycles. The molecular formula is C22H32OSSi. The molecule has 0 aliphatic rings. The molecule has 2 aromatic rings. The van der Waals surface area contributed by atoms with Gasteiger partial charge in [-0.2, -0.15) is 0 Å². The SMILES string of the molecule is Cc1ccc(S[C@@H](O[Si](C)(C)C(C)(C)C)[C@@H](C)c2ccccc2)cc1. The minimum atomic E-state index is -1.85. The van der Waals surface area contributed by atoms with Crippen molar-refractivity contribution in [3.63, 3.8) is 0 Å². The van der Waals surface area contributed by atoms with E-state index in [1.54, 1.807) is 0 Å². The fourth-order valence-electron chi connectivity index (χ4n) is 2.36. The molecule has 0 spiro atoms. The summed E-state index contributed by atoms with van der Waals surface area (Å²) < 4.78 is 6.85. The van der Waals surface area contributed by atoms with E-state index in [0.717, 1.165) is 0 Å². The van der Waals surface area contributed by atoms with Gasteiger partial charge in [-0.1, -0.05) is 87.5 Å². The number of hydrogen-bond acceptors (Lipinski definition) is 2. The molecule has 0 bridgehead atoms. The zero-order chi connectivity index (χ0) is 18.7. The van der Waals surface area contributed by atoms with Gasteiger partial charge >= 0.3 is 0 Å². The van der Waals surface area contributed by atoms with E-state index in [1.165, 1.54) is 16.0 Å². The minimum Gasteiger partial charge on any atom is -0.404 e. The van der Waals surface area contributed by atoms with Crippen LogP contribution in [0.1, 0.15) is 44.7 Å². The smallest absolute Gasteiger partial charge is 0.193 e. The van der Waals surface area contributed by atoms with Crippen LogP contribution in [0.3, 0.4) is 0 Å². The standard InChI is InChI=1S/C22H32OSSi/c1-17-13-15-20(16-14-17)24-21(23-25(6,7)22(3,4)5)18(2)19-11-9-8-10-12-19/h8-16,18,21H,1-7H3/t18-,21+/m0/s1. The average molecular weight is 373 g/mol. The average Bonchev–Trinajstić information content (AvgIpc) is 2.55. The second-order valence-electron chi connectivity index (χ2n) is 8.38. The second kappa shape index (κ2) is 8.11. The summed E-state index contributed by atoms with van der Waals surface area (Å²) in [4.78, 5) is 1.28. The molecule has 0 saturated heterocycles. The van der Waals surface area contributed by atoms with E-state index >= 15 is 0 Å². The molecule has 0 unspecified atom stereocenters. The van der Waals surface area contributed by atoms with Crippen LogP contribution in [0.4, 0.5) is 0 Å². The molecule has 25 heavy (non-hydrogen) atoms. The highest BCUT2D eigenvalue weighted by Gasteiger charge is 2.40. The van der Waals surface area contributed by atoms with Crippen molar-refractivity contribution in [1.29, 1.82) is 0 Å². The van der Waals surface area contributed by atoms with E-state index < -0.39 is 8.32 Å². The third kappa shape index (κ3) is 5.47. The molecule has 2 aromatic carbocycles. The van der Waals surface area contributed by atoms with Gasteiger partial charge in [0.25, 0.3) is 0 Å². The maximum atomic E-state index is 6.85. The van der Waals surface area contributed by atoms with Gasteiger partial charge in [0.15, 0.2) is 8.32 Å². The molecule has 2 rings (SSSR count). The molecule has 0 aliphatic heterocycles. The first kappa shape index (κ1) is 20.3. The Bertz CT molecular complexity index is 659. The Morgan fingerprint density at radius 3 is 2.00 bits per heavy atom. The van der Waals surface area contributed by atoms with Gasteiger partial charge in [0.05, 0.1) is 0 Å². The lowest BCUT2D eigenvalue weighted by molar-refractivity contribution is 0.237. The molecule has 0 radical (unpaired) electrons. The van der Waals surface area contributed by atoms with Crippen molar-refractivity contribution in [1.82, 2.24) is 0 Å². The highest BCUT2D eigenvalue weighted by atomic mass is 32.2. The lowest BCUT2D eigenvalue weighted by atomic mass is 10.0. The van der Waals surface area contributed by atoms with Crippen molar-refractivity contribution in [2.75, 3.05) is 0 Å². The van der Waals surface area contributed by atoms with Crippen molar-refractivity contribution in [3.05, 3.63) is 65.7 Å². The van der Waals surface area contributed by atoms with Crippen LogP contribution in [0.5, 0.6) is 0 Å². The predicted octanol–water partition coefficient (Wildman–Crippen LogP) is 7.24. The summed E-state index contributed by atoms with van der Waals surface area (Å²) in [7, 11) is -1.85. The molecule has 0 heterocycles. The topological polar surface area (TPSA) is 9.23 Å². The lowest BCUT2D eigenvalue weighted by Crippen LogP contribution is -2.44. The fraction of sp³-hybridized carbons (Fsp3) is 0.455. The van der Waals surface area contributed by atoms with Gasteiger partial charge in [-0.15, -0.1) is 0 Å². The lowest BCUT2D eigenvalue weighted by Gasteiger charge is -2.40. The molecule has 0 amide bonds. The third-order valence-electron chi connectivity index (χ3n) is 5.22. The van der Waals surface area contributed by atoms with E-state index in [2.05, 4.69) is 102 Å². The van der Waals surface area contributed by atoms with Crippen LogP contribution >= 0.6 is 11.8 Å². The maximum absolute atomic E-state index is 6.85. The Morgan fingerprint density at radius 2 is 1.48 bits per heavy atom. The van der Waals surface area contributed by atoms with Crippen LogP contribution < -0.4 is 0 Å². The minimum absolute atomic E-state index is 0.117. The van der Waals surface area contributed by atoms with Crippen molar-refractivity contribution in [3.8, 4) is 0 Å². The fourth-order valence-corrected chi connectivity index (χ4v) is 5.34. The summed E-state index contributed by atoms with van der Waals surface area (Å²) in [6.07, 6.45) is 0. The molecule has 0 aromatic heterocycles. The molecule has 0 saturated carbocycles. The van der Waals surface area contributed by atoms with Crippen LogP contribution in [-0.2, 0) is 4.43 Å². The quantitative estimate of drug-likeness (QED) is 0.300. The first-order valence-electron chi connectivity index (χ1n) is 9.06. The maximum Gasteiger partial charge on any atom is 0.193 e. The Hall–Kier alpha value is -1.03. The largest absolute Gasteiger partial charge is 0.404 e. The van der Waals surface area contributed by atoms with Gasteiger partial charge in [0.1, 0.15) is 5.44 Å². The highest BCUT2D eigenvalue weighted by molar-refractivity contribution is 7.99. The van der Waals surface area contributed by atoms with Gasteiger partial charge in [-0.25, -0.2) is 0 Å². The number of thioether (sulfide) groups is 1. The number of aryl methyl sites for hydroxylation is 1. The Morgan fingerprint density at radius 1 is 0.920 bits per heavy atom. The van der Waals surface area contributed by atoms with E-state index in [9.17, 15) is 0 Å². The van der Waals surface area contributed by atoms with Gasteiger partial charge in [-0.3, -0.25) is 0 Å². The molecule has 0 fully saturated rings. The predicted molar refractivity (Wildman–Crippen MR) is 114 cm³/mol. The molecular weight excluding hydrogens is 340 g/mol. The van der Waals surface area contributed by atoms with Crippen LogP contribution in [0.15, 0.2) is 59.5 Å². The molecule has 3 heteroatoms. The van der Waals surface area contributed by atoms with Crippen LogP contribution in [0.25, 0.3) is 0 Å². The summed E-state index contributed by atoms with van der Waals surface area (Å²) in [6, 6.07) is 19.5. The monoisotopic (exact) mass is 372 g/mol. The molecule has 1 nitrogen and oxygen atoms in total. The van der Waals surface area contributed by atoms with Gasteiger partial charge in [0, 0.05) is 10.8 Å². The third-order valence-corrected chi connectivity index (χ3v) is 11.1. The Labute approximate surface area is 159 Å². The Balaban J connectivity index is 2.29. The van der Waals surface area contributed by atoms with Gasteiger partial charge in [0.2, 0.25) is 0 Å². The van der Waals surface area contributed by atoms with Gasteiger partial charge < -0.3 is 4.43 Å². The van der Waals surface area contributed by atoms with Crippen molar-refractivity contribution >= 4 is 20.1 Å². The molecule has 0 N–H and O–H groups in total. The summed E-state index contributed by atoms with van der Waals surface area (Å²) in [5.74, 6) is 0.335. The van der Waals surface area contributed by atoms with E-state index in [-0.39, 0.29) is 10.5 Å². The first-order valence-corrected chi connectivity index (χ1v) is 12.8. The summed E-state index contributed by atoms with van der Waals surface area (Å²) in [5.41, 5.74) is 2.75. The molecule has 136 valence electrons. The highest BCUT2D eigenvalue weighted by Crippen LogP contribution is 2.43. The van der Waals surface area contributed by atoms with Crippen LogP contribution in [0, 0.1) is 6.92 Å². The van der Waals surface area contributed by atoms with Crippen LogP contribution in [-0.4, -0.2) is 13.8 Å². The van der Waals surface area contributed by atoms with E-state index in [4.69, 9.17) is 4.43 Å². The summed E-state index contributed by atoms with van der Waals surface area (Å²) >= 11 is 1.86. The number of benzene rings is 2. The second-order valence-corrected chi connectivity index (χ2v) is 14.3. The van der Waals surface area contributed by atoms with Crippen molar-refractivity contribution in [2.24, 2.45) is 0 Å². The van der Waals surface area contributed by atoms with Crippen molar-refractivity contribution in [2.45, 2.75) is 69.0 Å². The van der Waals surface area contributed by atoms with E-state index in [0.29, 0.717) is 5.92 Å². The van der Waals surface area contributed by atoms with Gasteiger partial charge in [-0.05, 0) is 42.8 Å². The normalized spacial score (nSPS) is 15.0. The molecule has 2 atom stereocenters. The van der Waals surface area contributed by atoms with Crippen LogP contribution in [0.2, 0.25) is 18.1 Å².